The maximum absolute atomic E-state index is 11.6. The van der Waals surface area contributed by atoms with Gasteiger partial charge in [-0.3, -0.25) is 4.79 Å². The molecule has 1 saturated carbocycles. The lowest BCUT2D eigenvalue weighted by Crippen LogP contribution is -2.29. The van der Waals surface area contributed by atoms with Gasteiger partial charge in [0, 0.05) is 6.54 Å². The first-order valence-corrected chi connectivity index (χ1v) is 7.06. The summed E-state index contributed by atoms with van der Waals surface area (Å²) in [6, 6.07) is 0. The number of nitrogens with zero attached hydrogens (tertiary/aromatic N) is 2. The molecule has 1 aliphatic rings. The van der Waals surface area contributed by atoms with Crippen LogP contribution in [0.25, 0.3) is 0 Å². The third-order valence-electron chi connectivity index (χ3n) is 2.93. The van der Waals surface area contributed by atoms with Gasteiger partial charge in [-0.15, -0.1) is 10.2 Å². The van der Waals surface area contributed by atoms with Crippen LogP contribution in [0.3, 0.4) is 0 Å². The minimum atomic E-state index is -0.239. The van der Waals surface area contributed by atoms with Crippen molar-refractivity contribution < 1.29 is 9.53 Å². The lowest BCUT2D eigenvalue weighted by molar-refractivity contribution is 0.0299. The Morgan fingerprint density at radius 2 is 2.17 bits per heavy atom. The molecule has 0 aliphatic heterocycles. The van der Waals surface area contributed by atoms with Gasteiger partial charge in [-0.1, -0.05) is 30.6 Å². The molecule has 0 saturated heterocycles. The molecule has 0 atom stereocenters. The largest absolute Gasteiger partial charge is 0.376 e. The molecule has 18 heavy (non-hydrogen) atoms. The summed E-state index contributed by atoms with van der Waals surface area (Å²) in [5.41, 5.74) is 5.41. The predicted molar refractivity (Wildman–Crippen MR) is 69.5 cm³/mol. The van der Waals surface area contributed by atoms with E-state index in [1.54, 1.807) is 0 Å². The molecule has 1 aliphatic carbocycles. The minimum Gasteiger partial charge on any atom is -0.376 e. The summed E-state index contributed by atoms with van der Waals surface area (Å²) in [5, 5.41) is 10.6. The Morgan fingerprint density at radius 1 is 1.39 bits per heavy atom. The second-order valence-corrected chi connectivity index (χ2v) is 5.34. The Hall–Kier alpha value is -1.21. The molecule has 2 rings (SSSR count). The molecule has 0 aromatic carbocycles. The Balaban J connectivity index is 1.61. The van der Waals surface area contributed by atoms with Crippen LogP contribution in [0.1, 0.15) is 41.9 Å². The zero-order chi connectivity index (χ0) is 12.8. The fraction of sp³-hybridized carbons (Fsp3) is 0.727. The number of amides is 1. The van der Waals surface area contributed by atoms with Gasteiger partial charge in [0.25, 0.3) is 5.91 Å². The number of carbonyl (C=O) groups excluding carboxylic acids is 1. The molecular weight excluding hydrogens is 252 g/mol. The molecule has 0 bridgehead atoms. The van der Waals surface area contributed by atoms with Crippen molar-refractivity contribution >= 4 is 22.4 Å². The second kappa shape index (κ2) is 6.65. The third kappa shape index (κ3) is 3.92. The number of hydrogen-bond donors (Lipinski definition) is 2. The van der Waals surface area contributed by atoms with Gasteiger partial charge in [0.2, 0.25) is 10.1 Å². The molecule has 1 aromatic heterocycles. The zero-order valence-electron chi connectivity index (χ0n) is 10.2. The minimum absolute atomic E-state index is 0.239. The zero-order valence-corrected chi connectivity index (χ0v) is 11.0. The number of nitrogens with two attached hydrogens (primary N) is 1. The Labute approximate surface area is 110 Å². The molecule has 0 unspecified atom stereocenters. The van der Waals surface area contributed by atoms with E-state index in [0.29, 0.717) is 29.4 Å². The van der Waals surface area contributed by atoms with Crippen molar-refractivity contribution in [2.45, 2.75) is 38.2 Å². The second-order valence-electron chi connectivity index (χ2n) is 4.33. The van der Waals surface area contributed by atoms with Gasteiger partial charge >= 0.3 is 0 Å². The molecule has 100 valence electrons. The maximum Gasteiger partial charge on any atom is 0.282 e. The van der Waals surface area contributed by atoms with Gasteiger partial charge < -0.3 is 15.8 Å². The summed E-state index contributed by atoms with van der Waals surface area (Å²) in [7, 11) is 0. The fourth-order valence-corrected chi connectivity index (χ4v) is 2.55. The van der Waals surface area contributed by atoms with Gasteiger partial charge in [0.15, 0.2) is 0 Å². The number of ether oxygens (including phenoxy) is 1. The number of hydrogen-bond acceptors (Lipinski definition) is 6. The molecule has 1 aromatic rings. The molecule has 1 heterocycles. The van der Waals surface area contributed by atoms with Crippen LogP contribution in [0, 0.1) is 0 Å². The van der Waals surface area contributed by atoms with Crippen LogP contribution in [-0.2, 0) is 4.74 Å². The summed E-state index contributed by atoms with van der Waals surface area (Å²) < 4.78 is 5.70. The van der Waals surface area contributed by atoms with Crippen LogP contribution in [-0.4, -0.2) is 35.4 Å². The molecule has 7 heteroatoms. The van der Waals surface area contributed by atoms with Crippen LogP contribution in [0.15, 0.2) is 0 Å². The first kappa shape index (κ1) is 13.2. The molecule has 1 amide bonds. The average Bonchev–Trinajstić information content (AvgIpc) is 2.82. The highest BCUT2D eigenvalue weighted by atomic mass is 32.1. The summed E-state index contributed by atoms with van der Waals surface area (Å²) >= 11 is 1.08. The lowest BCUT2D eigenvalue weighted by atomic mass is 9.98. The molecule has 3 N–H and O–H groups in total. The van der Waals surface area contributed by atoms with E-state index < -0.39 is 0 Å². The first-order chi connectivity index (χ1) is 8.75. The number of nitrogens with one attached hydrogen (secondary N) is 1. The highest BCUT2D eigenvalue weighted by Crippen LogP contribution is 2.19. The summed E-state index contributed by atoms with van der Waals surface area (Å²) in [6.45, 7) is 1.04. The number of rotatable bonds is 5. The van der Waals surface area contributed by atoms with E-state index in [2.05, 4.69) is 15.5 Å². The van der Waals surface area contributed by atoms with Gasteiger partial charge in [0.1, 0.15) is 0 Å². The average molecular weight is 270 g/mol. The van der Waals surface area contributed by atoms with Crippen LogP contribution in [0.4, 0.5) is 5.13 Å². The highest BCUT2D eigenvalue weighted by Gasteiger charge is 2.14. The molecule has 0 spiro atoms. The predicted octanol–water partition coefficient (Wildman–Crippen LogP) is 1.20. The van der Waals surface area contributed by atoms with E-state index in [1.807, 2.05) is 0 Å². The first-order valence-electron chi connectivity index (χ1n) is 6.24. The normalized spacial score (nSPS) is 16.7. The Kier molecular flexibility index (Phi) is 4.89. The molecule has 0 radical (unpaired) electrons. The smallest absolute Gasteiger partial charge is 0.282 e. The van der Waals surface area contributed by atoms with Gasteiger partial charge in [-0.05, 0) is 12.8 Å². The van der Waals surface area contributed by atoms with E-state index >= 15 is 0 Å². The quantitative estimate of drug-likeness (QED) is 0.785. The number of aromatic nitrogens is 2. The number of carbonyl (C=O) groups is 1. The monoisotopic (exact) mass is 270 g/mol. The lowest BCUT2D eigenvalue weighted by Gasteiger charge is -2.21. The number of anilines is 1. The van der Waals surface area contributed by atoms with Crippen molar-refractivity contribution in [2.24, 2.45) is 0 Å². The number of nitrogen functional groups attached to an aromatic ring is 1. The SMILES string of the molecule is Nc1nnc(C(=O)NCCOC2CCCCC2)s1. The van der Waals surface area contributed by atoms with Gasteiger partial charge in [0.05, 0.1) is 12.7 Å². The van der Waals surface area contributed by atoms with Crippen LogP contribution in [0.5, 0.6) is 0 Å². The standard InChI is InChI=1S/C11H18N4O2S/c12-11-15-14-10(18-11)9(16)13-6-7-17-8-4-2-1-3-5-8/h8H,1-7H2,(H2,12,15)(H,13,16). The summed E-state index contributed by atoms with van der Waals surface area (Å²) in [6.07, 6.45) is 6.46. The molecular formula is C11H18N4O2S. The third-order valence-corrected chi connectivity index (χ3v) is 3.68. The van der Waals surface area contributed by atoms with E-state index in [1.165, 1.54) is 19.3 Å². The Morgan fingerprint density at radius 3 is 2.83 bits per heavy atom. The van der Waals surface area contributed by atoms with Crippen LogP contribution >= 0.6 is 11.3 Å². The van der Waals surface area contributed by atoms with Crippen LogP contribution < -0.4 is 11.1 Å². The fourth-order valence-electron chi connectivity index (χ4n) is 2.02. The van der Waals surface area contributed by atoms with E-state index in [4.69, 9.17) is 10.5 Å². The van der Waals surface area contributed by atoms with Crippen molar-refractivity contribution in [1.29, 1.82) is 0 Å². The van der Waals surface area contributed by atoms with E-state index in [0.717, 1.165) is 24.2 Å². The van der Waals surface area contributed by atoms with Crippen LogP contribution in [0.2, 0.25) is 0 Å². The molecule has 1 fully saturated rings. The maximum atomic E-state index is 11.6. The van der Waals surface area contributed by atoms with Crippen molar-refractivity contribution in [2.75, 3.05) is 18.9 Å². The van der Waals surface area contributed by atoms with E-state index in [9.17, 15) is 4.79 Å². The highest BCUT2D eigenvalue weighted by molar-refractivity contribution is 7.16. The molecule has 6 nitrogen and oxygen atoms in total. The van der Waals surface area contributed by atoms with Crippen molar-refractivity contribution in [3.8, 4) is 0 Å². The Bertz CT molecular complexity index is 390. The van der Waals surface area contributed by atoms with E-state index in [-0.39, 0.29) is 5.91 Å². The van der Waals surface area contributed by atoms with Gasteiger partial charge in [-0.2, -0.15) is 0 Å². The summed E-state index contributed by atoms with van der Waals surface area (Å²) in [4.78, 5) is 11.6. The van der Waals surface area contributed by atoms with Crippen molar-refractivity contribution in [3.05, 3.63) is 5.01 Å². The topological polar surface area (TPSA) is 90.1 Å². The van der Waals surface area contributed by atoms with Gasteiger partial charge in [-0.25, -0.2) is 0 Å². The van der Waals surface area contributed by atoms with Crippen molar-refractivity contribution in [1.82, 2.24) is 15.5 Å². The van der Waals surface area contributed by atoms with Crippen molar-refractivity contribution in [3.63, 3.8) is 0 Å². The summed E-state index contributed by atoms with van der Waals surface area (Å²) in [5.74, 6) is -0.239.